The molecule has 0 radical (unpaired) electrons. The van der Waals surface area contributed by atoms with Gasteiger partial charge in [-0.25, -0.2) is 0 Å². The predicted octanol–water partition coefficient (Wildman–Crippen LogP) is 4.21. The maximum absolute atomic E-state index is 10.5. The van der Waals surface area contributed by atoms with Gasteiger partial charge in [-0.1, -0.05) is 41.9 Å². The first-order valence-corrected chi connectivity index (χ1v) is 6.65. The van der Waals surface area contributed by atoms with Crippen LogP contribution in [0.1, 0.15) is 31.1 Å². The average Bonchev–Trinajstić information content (AvgIpc) is 2.38. The van der Waals surface area contributed by atoms with E-state index in [1.54, 1.807) is 12.1 Å². The molecule has 0 saturated carbocycles. The maximum atomic E-state index is 10.5. The zero-order valence-electron chi connectivity index (χ0n) is 11.0. The van der Waals surface area contributed by atoms with E-state index < -0.39 is 6.10 Å². The minimum absolute atomic E-state index is 0.0627. The van der Waals surface area contributed by atoms with Crippen LogP contribution >= 0.6 is 11.6 Å². The molecular weight excluding hydrogens is 260 g/mol. The fourth-order valence-corrected chi connectivity index (χ4v) is 2.12. The van der Waals surface area contributed by atoms with Crippen LogP contribution in [-0.2, 0) is 0 Å². The normalized spacial score (nSPS) is 12.5. The van der Waals surface area contributed by atoms with E-state index in [4.69, 9.17) is 16.3 Å². The number of aliphatic hydroxyl groups is 1. The number of aliphatic hydroxyl groups excluding tert-OH is 1. The van der Waals surface area contributed by atoms with Gasteiger partial charge >= 0.3 is 0 Å². The third-order valence-corrected chi connectivity index (χ3v) is 2.98. The third-order valence-electron chi connectivity index (χ3n) is 2.74. The second kappa shape index (κ2) is 6.09. The molecular formula is C16H17ClO2. The summed E-state index contributed by atoms with van der Waals surface area (Å²) in [5, 5.41) is 11.1. The second-order valence-electron chi connectivity index (χ2n) is 4.66. The van der Waals surface area contributed by atoms with Crippen LogP contribution in [0.25, 0.3) is 0 Å². The number of halogens is 1. The fraction of sp³-hybridized carbons (Fsp3) is 0.250. The lowest BCUT2D eigenvalue weighted by atomic mass is 10.0. The zero-order chi connectivity index (χ0) is 13.8. The van der Waals surface area contributed by atoms with Gasteiger partial charge in [0.25, 0.3) is 0 Å². The Kier molecular flexibility index (Phi) is 4.46. The fourth-order valence-electron chi connectivity index (χ4n) is 1.92. The SMILES string of the molecule is CC(C)Oc1ccccc1C(O)c1cccc(Cl)c1. The molecule has 1 unspecified atom stereocenters. The Morgan fingerprint density at radius 2 is 1.79 bits per heavy atom. The van der Waals surface area contributed by atoms with Gasteiger partial charge in [0.1, 0.15) is 11.9 Å². The zero-order valence-corrected chi connectivity index (χ0v) is 11.8. The highest BCUT2D eigenvalue weighted by molar-refractivity contribution is 6.30. The summed E-state index contributed by atoms with van der Waals surface area (Å²) in [5.41, 5.74) is 1.51. The molecule has 0 aliphatic rings. The van der Waals surface area contributed by atoms with Crippen molar-refractivity contribution in [2.75, 3.05) is 0 Å². The first-order chi connectivity index (χ1) is 9.08. The minimum atomic E-state index is -0.742. The molecule has 0 fully saturated rings. The lowest BCUT2D eigenvalue weighted by molar-refractivity contribution is 0.198. The van der Waals surface area contributed by atoms with E-state index in [0.29, 0.717) is 10.8 Å². The molecule has 3 heteroatoms. The highest BCUT2D eigenvalue weighted by Crippen LogP contribution is 2.31. The summed E-state index contributed by atoms with van der Waals surface area (Å²) in [6.45, 7) is 3.92. The van der Waals surface area contributed by atoms with Crippen LogP contribution < -0.4 is 4.74 Å². The van der Waals surface area contributed by atoms with Crippen molar-refractivity contribution in [3.05, 3.63) is 64.7 Å². The van der Waals surface area contributed by atoms with Crippen LogP contribution in [0.4, 0.5) is 0 Å². The molecule has 0 spiro atoms. The van der Waals surface area contributed by atoms with E-state index >= 15 is 0 Å². The summed E-state index contributed by atoms with van der Waals surface area (Å²) in [7, 11) is 0. The van der Waals surface area contributed by atoms with Gasteiger partial charge in [0.15, 0.2) is 0 Å². The molecule has 2 aromatic carbocycles. The van der Waals surface area contributed by atoms with Crippen molar-refractivity contribution in [3.8, 4) is 5.75 Å². The topological polar surface area (TPSA) is 29.5 Å². The van der Waals surface area contributed by atoms with Crippen molar-refractivity contribution in [3.63, 3.8) is 0 Å². The minimum Gasteiger partial charge on any atom is -0.491 e. The smallest absolute Gasteiger partial charge is 0.125 e. The molecule has 0 amide bonds. The second-order valence-corrected chi connectivity index (χ2v) is 5.10. The van der Waals surface area contributed by atoms with Crippen molar-refractivity contribution in [1.82, 2.24) is 0 Å². The Morgan fingerprint density at radius 3 is 2.47 bits per heavy atom. The van der Waals surface area contributed by atoms with Crippen molar-refractivity contribution >= 4 is 11.6 Å². The van der Waals surface area contributed by atoms with E-state index in [0.717, 1.165) is 11.1 Å². The molecule has 100 valence electrons. The Hall–Kier alpha value is -1.51. The van der Waals surface area contributed by atoms with Crippen molar-refractivity contribution in [2.24, 2.45) is 0 Å². The molecule has 0 bridgehead atoms. The number of hydrogen-bond acceptors (Lipinski definition) is 2. The number of para-hydroxylation sites is 1. The monoisotopic (exact) mass is 276 g/mol. The van der Waals surface area contributed by atoms with Gasteiger partial charge in [-0.2, -0.15) is 0 Å². The van der Waals surface area contributed by atoms with E-state index in [9.17, 15) is 5.11 Å². The Bertz CT molecular complexity index is 552. The molecule has 0 saturated heterocycles. The maximum Gasteiger partial charge on any atom is 0.125 e. The average molecular weight is 277 g/mol. The number of ether oxygens (including phenoxy) is 1. The Balaban J connectivity index is 2.35. The summed E-state index contributed by atoms with van der Waals surface area (Å²) < 4.78 is 5.73. The molecule has 0 heterocycles. The van der Waals surface area contributed by atoms with Crippen LogP contribution in [0.5, 0.6) is 5.75 Å². The largest absolute Gasteiger partial charge is 0.491 e. The first-order valence-electron chi connectivity index (χ1n) is 6.27. The van der Waals surface area contributed by atoms with E-state index in [1.165, 1.54) is 0 Å². The van der Waals surface area contributed by atoms with Crippen LogP contribution in [0.15, 0.2) is 48.5 Å². The molecule has 1 N–H and O–H groups in total. The van der Waals surface area contributed by atoms with E-state index in [2.05, 4.69) is 0 Å². The van der Waals surface area contributed by atoms with E-state index in [1.807, 2.05) is 50.2 Å². The van der Waals surface area contributed by atoms with Gasteiger partial charge in [0.05, 0.1) is 6.10 Å². The van der Waals surface area contributed by atoms with Gasteiger partial charge in [-0.05, 0) is 37.6 Å². The van der Waals surface area contributed by atoms with Crippen molar-refractivity contribution in [2.45, 2.75) is 26.1 Å². The number of benzene rings is 2. The van der Waals surface area contributed by atoms with Crippen molar-refractivity contribution < 1.29 is 9.84 Å². The van der Waals surface area contributed by atoms with E-state index in [-0.39, 0.29) is 6.10 Å². The highest BCUT2D eigenvalue weighted by atomic mass is 35.5. The first kappa shape index (κ1) is 13.9. The third kappa shape index (κ3) is 3.49. The lowest BCUT2D eigenvalue weighted by Crippen LogP contribution is -2.09. The predicted molar refractivity (Wildman–Crippen MR) is 77.7 cm³/mol. The summed E-state index contributed by atoms with van der Waals surface area (Å²) in [6.07, 6.45) is -0.679. The van der Waals surface area contributed by atoms with Gasteiger partial charge in [0, 0.05) is 10.6 Å². The van der Waals surface area contributed by atoms with Gasteiger partial charge < -0.3 is 9.84 Å². The van der Waals surface area contributed by atoms with Crippen LogP contribution in [-0.4, -0.2) is 11.2 Å². The van der Waals surface area contributed by atoms with Gasteiger partial charge in [0.2, 0.25) is 0 Å². The molecule has 19 heavy (non-hydrogen) atoms. The summed E-state index contributed by atoms with van der Waals surface area (Å²) in [5.74, 6) is 0.699. The molecule has 2 aromatic rings. The van der Waals surface area contributed by atoms with Crippen LogP contribution in [0.2, 0.25) is 5.02 Å². The Morgan fingerprint density at radius 1 is 1.05 bits per heavy atom. The molecule has 0 aromatic heterocycles. The Labute approximate surface area is 118 Å². The number of hydrogen-bond donors (Lipinski definition) is 1. The lowest BCUT2D eigenvalue weighted by Gasteiger charge is -2.18. The van der Waals surface area contributed by atoms with Crippen LogP contribution in [0, 0.1) is 0 Å². The quantitative estimate of drug-likeness (QED) is 0.906. The molecule has 1 atom stereocenters. The summed E-state index contributed by atoms with van der Waals surface area (Å²) in [4.78, 5) is 0. The van der Waals surface area contributed by atoms with Gasteiger partial charge in [-0.15, -0.1) is 0 Å². The summed E-state index contributed by atoms with van der Waals surface area (Å²) >= 11 is 5.96. The standard InChI is InChI=1S/C16H17ClO2/c1-11(2)19-15-9-4-3-8-14(15)16(18)12-6-5-7-13(17)10-12/h3-11,16,18H,1-2H3. The van der Waals surface area contributed by atoms with Gasteiger partial charge in [-0.3, -0.25) is 0 Å². The number of rotatable bonds is 4. The molecule has 0 aliphatic carbocycles. The highest BCUT2D eigenvalue weighted by Gasteiger charge is 2.16. The molecule has 0 aliphatic heterocycles. The van der Waals surface area contributed by atoms with Crippen molar-refractivity contribution in [1.29, 1.82) is 0 Å². The molecule has 2 nitrogen and oxygen atoms in total. The molecule has 2 rings (SSSR count). The van der Waals surface area contributed by atoms with Crippen LogP contribution in [0.3, 0.4) is 0 Å². The summed E-state index contributed by atoms with van der Waals surface area (Å²) in [6, 6.07) is 14.7.